The van der Waals surface area contributed by atoms with Gasteiger partial charge in [-0.25, -0.2) is 8.42 Å². The minimum Gasteiger partial charge on any atom is -0.315 e. The Balaban J connectivity index is 2.53. The third-order valence-electron chi connectivity index (χ3n) is 3.25. The average Bonchev–Trinajstić information content (AvgIpc) is 2.63. The highest BCUT2D eigenvalue weighted by Crippen LogP contribution is 2.30. The molecule has 4 heteroatoms. The lowest BCUT2D eigenvalue weighted by molar-refractivity contribution is 0.463. The molecule has 1 N–H and O–H groups in total. The summed E-state index contributed by atoms with van der Waals surface area (Å²) in [5.74, 6) is 0.393. The summed E-state index contributed by atoms with van der Waals surface area (Å²) in [4.78, 5) is 0. The normalized spacial score (nSPS) is 20.7. The van der Waals surface area contributed by atoms with Gasteiger partial charge in [0.1, 0.15) is 0 Å². The first-order chi connectivity index (χ1) is 7.05. The molecule has 1 aliphatic rings. The summed E-state index contributed by atoms with van der Waals surface area (Å²) in [6, 6.07) is 0. The maximum atomic E-state index is 11.7. The minimum absolute atomic E-state index is 0.161. The molecular formula is C11H23NO2S. The molecule has 0 aromatic rings. The van der Waals surface area contributed by atoms with Crippen LogP contribution >= 0.6 is 0 Å². The number of rotatable bonds is 6. The summed E-state index contributed by atoms with van der Waals surface area (Å²) < 4.78 is 23.3. The highest BCUT2D eigenvalue weighted by Gasteiger charge is 2.31. The highest BCUT2D eigenvalue weighted by atomic mass is 32.2. The van der Waals surface area contributed by atoms with Crippen LogP contribution in [0.15, 0.2) is 0 Å². The van der Waals surface area contributed by atoms with Crippen molar-refractivity contribution in [3.8, 4) is 0 Å². The van der Waals surface area contributed by atoms with Crippen molar-refractivity contribution in [2.24, 2.45) is 5.92 Å². The molecule has 1 rings (SSSR count). The van der Waals surface area contributed by atoms with E-state index < -0.39 is 9.84 Å². The van der Waals surface area contributed by atoms with E-state index in [0.29, 0.717) is 12.5 Å². The van der Waals surface area contributed by atoms with Gasteiger partial charge in [0, 0.05) is 12.8 Å². The molecule has 0 heterocycles. The topological polar surface area (TPSA) is 46.2 Å². The summed E-state index contributed by atoms with van der Waals surface area (Å²) in [6.07, 6.45) is 7.01. The second-order valence-corrected chi connectivity index (χ2v) is 6.88. The summed E-state index contributed by atoms with van der Waals surface area (Å²) in [5.41, 5.74) is 0. The van der Waals surface area contributed by atoms with Crippen LogP contribution in [0.25, 0.3) is 0 Å². The predicted octanol–water partition coefficient (Wildman–Crippen LogP) is 1.59. The first-order valence-corrected chi connectivity index (χ1v) is 7.90. The van der Waals surface area contributed by atoms with Crippen molar-refractivity contribution in [3.63, 3.8) is 0 Å². The lowest BCUT2D eigenvalue weighted by atomic mass is 10.0. The first-order valence-electron chi connectivity index (χ1n) is 5.95. The zero-order valence-electron chi connectivity index (χ0n) is 9.83. The second-order valence-electron chi connectivity index (χ2n) is 4.62. The van der Waals surface area contributed by atoms with E-state index in [-0.39, 0.29) is 5.25 Å². The summed E-state index contributed by atoms with van der Waals surface area (Å²) in [5, 5.41) is 3.08. The molecule has 0 aliphatic heterocycles. The molecule has 0 saturated heterocycles. The van der Waals surface area contributed by atoms with Crippen LogP contribution < -0.4 is 5.32 Å². The van der Waals surface area contributed by atoms with Crippen molar-refractivity contribution >= 4 is 9.84 Å². The van der Waals surface area contributed by atoms with E-state index in [1.165, 1.54) is 19.1 Å². The van der Waals surface area contributed by atoms with E-state index in [1.54, 1.807) is 0 Å². The average molecular weight is 233 g/mol. The number of sulfone groups is 1. The van der Waals surface area contributed by atoms with E-state index >= 15 is 0 Å². The third-order valence-corrected chi connectivity index (χ3v) is 4.90. The summed E-state index contributed by atoms with van der Waals surface area (Å²) in [7, 11) is -2.89. The van der Waals surface area contributed by atoms with Gasteiger partial charge in [0.15, 0.2) is 9.84 Å². The molecule has 15 heavy (non-hydrogen) atoms. The van der Waals surface area contributed by atoms with Gasteiger partial charge in [0.25, 0.3) is 0 Å². The van der Waals surface area contributed by atoms with E-state index in [0.717, 1.165) is 25.8 Å². The third kappa shape index (κ3) is 4.11. The first kappa shape index (κ1) is 13.0. The number of nitrogens with one attached hydrogen (secondary N) is 1. The van der Waals surface area contributed by atoms with Gasteiger partial charge >= 0.3 is 0 Å². The van der Waals surface area contributed by atoms with Crippen LogP contribution in [-0.4, -0.2) is 33.0 Å². The Labute approximate surface area is 93.6 Å². The molecule has 1 fully saturated rings. The predicted molar refractivity (Wildman–Crippen MR) is 63.8 cm³/mol. The molecule has 0 amide bonds. The molecule has 90 valence electrons. The summed E-state index contributed by atoms with van der Waals surface area (Å²) in [6.45, 7) is 3.65. The Hall–Kier alpha value is -0.0900. The molecular weight excluding hydrogens is 210 g/mol. The Morgan fingerprint density at radius 3 is 2.40 bits per heavy atom. The Morgan fingerprint density at radius 2 is 1.93 bits per heavy atom. The molecule has 3 nitrogen and oxygen atoms in total. The van der Waals surface area contributed by atoms with Gasteiger partial charge in [-0.15, -0.1) is 0 Å². The number of hydrogen-bond acceptors (Lipinski definition) is 3. The van der Waals surface area contributed by atoms with Gasteiger partial charge in [-0.1, -0.05) is 19.8 Å². The fourth-order valence-corrected chi connectivity index (χ4v) is 3.81. The molecule has 1 aliphatic carbocycles. The largest absolute Gasteiger partial charge is 0.315 e. The van der Waals surface area contributed by atoms with Gasteiger partial charge in [0.05, 0.1) is 5.25 Å². The van der Waals surface area contributed by atoms with Crippen LogP contribution in [0.5, 0.6) is 0 Å². The van der Waals surface area contributed by atoms with Crippen molar-refractivity contribution in [2.75, 3.05) is 19.3 Å². The van der Waals surface area contributed by atoms with Crippen molar-refractivity contribution in [1.82, 2.24) is 5.32 Å². The lowest BCUT2D eigenvalue weighted by Crippen LogP contribution is -2.38. The Morgan fingerprint density at radius 1 is 1.33 bits per heavy atom. The molecule has 1 saturated carbocycles. The maximum Gasteiger partial charge on any atom is 0.151 e. The molecule has 1 unspecified atom stereocenters. The van der Waals surface area contributed by atoms with Gasteiger partial charge < -0.3 is 5.32 Å². The van der Waals surface area contributed by atoms with Crippen LogP contribution in [-0.2, 0) is 9.84 Å². The van der Waals surface area contributed by atoms with Crippen molar-refractivity contribution in [1.29, 1.82) is 0 Å². The molecule has 0 bridgehead atoms. The van der Waals surface area contributed by atoms with Gasteiger partial charge in [-0.2, -0.15) is 0 Å². The fraction of sp³-hybridized carbons (Fsp3) is 1.00. The van der Waals surface area contributed by atoms with Crippen molar-refractivity contribution in [2.45, 2.75) is 44.3 Å². The van der Waals surface area contributed by atoms with E-state index in [9.17, 15) is 8.42 Å². The molecule has 1 atom stereocenters. The molecule has 0 aromatic heterocycles. The highest BCUT2D eigenvalue weighted by molar-refractivity contribution is 7.91. The smallest absolute Gasteiger partial charge is 0.151 e. The zero-order valence-corrected chi connectivity index (χ0v) is 10.6. The maximum absolute atomic E-state index is 11.7. The van der Waals surface area contributed by atoms with Crippen LogP contribution in [0, 0.1) is 5.92 Å². The summed E-state index contributed by atoms with van der Waals surface area (Å²) >= 11 is 0. The van der Waals surface area contributed by atoms with E-state index in [1.807, 2.05) is 0 Å². The quantitative estimate of drug-likeness (QED) is 0.709. The van der Waals surface area contributed by atoms with Crippen molar-refractivity contribution < 1.29 is 8.42 Å². The zero-order chi connectivity index (χ0) is 11.3. The van der Waals surface area contributed by atoms with Gasteiger partial charge in [-0.3, -0.25) is 0 Å². The van der Waals surface area contributed by atoms with Crippen LogP contribution in [0.4, 0.5) is 0 Å². The SMILES string of the molecule is CCCNCC(C1CCCC1)S(C)(=O)=O. The number of hydrogen-bond donors (Lipinski definition) is 1. The lowest BCUT2D eigenvalue weighted by Gasteiger charge is -2.21. The van der Waals surface area contributed by atoms with Gasteiger partial charge in [0.2, 0.25) is 0 Å². The minimum atomic E-state index is -2.89. The fourth-order valence-electron chi connectivity index (χ4n) is 2.42. The van der Waals surface area contributed by atoms with E-state index in [4.69, 9.17) is 0 Å². The molecule has 0 aromatic carbocycles. The standard InChI is InChI=1S/C11H23NO2S/c1-3-8-12-9-11(15(2,13)14)10-6-4-5-7-10/h10-12H,3-9H2,1-2H3. The molecule has 0 spiro atoms. The van der Waals surface area contributed by atoms with Gasteiger partial charge in [-0.05, 0) is 31.7 Å². The van der Waals surface area contributed by atoms with Crippen molar-refractivity contribution in [3.05, 3.63) is 0 Å². The second kappa shape index (κ2) is 5.85. The Bertz CT molecular complexity index is 268. The molecule has 0 radical (unpaired) electrons. The van der Waals surface area contributed by atoms with Crippen LogP contribution in [0.1, 0.15) is 39.0 Å². The monoisotopic (exact) mass is 233 g/mol. The van der Waals surface area contributed by atoms with E-state index in [2.05, 4.69) is 12.2 Å². The Kier molecular flexibility index (Phi) is 5.06. The van der Waals surface area contributed by atoms with Crippen LogP contribution in [0.2, 0.25) is 0 Å². The van der Waals surface area contributed by atoms with Crippen LogP contribution in [0.3, 0.4) is 0 Å².